The molecule has 2 bridgehead atoms. The van der Waals surface area contributed by atoms with Crippen LogP contribution in [0.1, 0.15) is 29.3 Å². The van der Waals surface area contributed by atoms with E-state index in [0.717, 1.165) is 23.3 Å². The van der Waals surface area contributed by atoms with Gasteiger partial charge in [-0.2, -0.15) is 0 Å². The fraction of sp³-hybridized carbons (Fsp3) is 0.350. The molecule has 122 valence electrons. The number of oxime groups is 1. The second-order valence-corrected chi connectivity index (χ2v) is 6.95. The number of allylic oxidation sites excluding steroid dienone is 4. The minimum atomic E-state index is -0.470. The van der Waals surface area contributed by atoms with Crippen LogP contribution in [0.15, 0.2) is 53.2 Å². The number of rotatable bonds is 2. The van der Waals surface area contributed by atoms with E-state index in [4.69, 9.17) is 4.84 Å². The number of fused-ring (bicyclic) bond motifs is 5. The molecule has 1 saturated carbocycles. The van der Waals surface area contributed by atoms with Gasteiger partial charge < -0.3 is 4.84 Å². The highest BCUT2D eigenvalue weighted by atomic mass is 16.7. The van der Waals surface area contributed by atoms with E-state index in [2.05, 4.69) is 17.3 Å². The third-order valence-electron chi connectivity index (χ3n) is 5.38. The summed E-state index contributed by atoms with van der Waals surface area (Å²) in [5.41, 5.74) is 3.11. The summed E-state index contributed by atoms with van der Waals surface area (Å²) in [7, 11) is 0. The first kappa shape index (κ1) is 15.1. The third kappa shape index (κ3) is 2.33. The van der Waals surface area contributed by atoms with E-state index in [-0.39, 0.29) is 17.6 Å². The van der Waals surface area contributed by atoms with Crippen molar-refractivity contribution in [3.05, 3.63) is 59.2 Å². The van der Waals surface area contributed by atoms with Crippen LogP contribution in [-0.2, 0) is 9.63 Å². The molecule has 3 aliphatic rings. The minimum absolute atomic E-state index is 0.0412. The van der Waals surface area contributed by atoms with Crippen LogP contribution in [0.25, 0.3) is 0 Å². The Hall–Kier alpha value is -2.49. The van der Waals surface area contributed by atoms with Gasteiger partial charge in [0.05, 0.1) is 11.3 Å². The summed E-state index contributed by atoms with van der Waals surface area (Å²) in [4.78, 5) is 29.7. The molecule has 3 aliphatic carbocycles. The number of nitrogens with zero attached hydrogens (tertiary/aromatic N) is 1. The molecule has 1 fully saturated rings. The van der Waals surface area contributed by atoms with Crippen LogP contribution in [-0.4, -0.2) is 17.5 Å². The van der Waals surface area contributed by atoms with E-state index in [0.29, 0.717) is 17.4 Å². The number of benzene rings is 1. The Kier molecular flexibility index (Phi) is 3.48. The number of aryl methyl sites for hydroxylation is 1. The molecule has 0 amide bonds. The van der Waals surface area contributed by atoms with Crippen molar-refractivity contribution in [1.82, 2.24) is 0 Å². The Labute approximate surface area is 140 Å². The quantitative estimate of drug-likeness (QED) is 0.476. The Bertz CT molecular complexity index is 801. The number of carbonyl (C=O) groups is 2. The molecule has 0 saturated heterocycles. The van der Waals surface area contributed by atoms with E-state index in [1.165, 1.54) is 0 Å². The normalized spacial score (nSPS) is 32.0. The van der Waals surface area contributed by atoms with Crippen LogP contribution in [0.5, 0.6) is 0 Å². The van der Waals surface area contributed by atoms with Crippen molar-refractivity contribution < 1.29 is 14.4 Å². The fourth-order valence-electron chi connectivity index (χ4n) is 4.20. The zero-order valence-corrected chi connectivity index (χ0v) is 13.7. The molecule has 4 rings (SSSR count). The summed E-state index contributed by atoms with van der Waals surface area (Å²) in [6, 6.07) is 7.19. The van der Waals surface area contributed by atoms with Crippen LogP contribution < -0.4 is 0 Å². The summed E-state index contributed by atoms with van der Waals surface area (Å²) in [6.45, 7) is 3.83. The standard InChI is InChI=1S/C20H19NO3/c1-11-3-5-13(6-4-11)20(23)24-21-19-12(2)9-16(22)17-14-7-8-15(10-14)18(17)19/h3-9,14-15,17-18H,10H2,1-2H3/b21-19-. The molecule has 1 aromatic carbocycles. The molecular formula is C20H19NO3. The Morgan fingerprint density at radius 1 is 1.08 bits per heavy atom. The minimum Gasteiger partial charge on any atom is -0.313 e. The molecule has 0 heterocycles. The Morgan fingerprint density at radius 2 is 1.75 bits per heavy atom. The molecule has 4 atom stereocenters. The van der Waals surface area contributed by atoms with Gasteiger partial charge in [-0.15, -0.1) is 0 Å². The first-order valence-electron chi connectivity index (χ1n) is 8.31. The first-order chi connectivity index (χ1) is 11.5. The lowest BCUT2D eigenvalue weighted by molar-refractivity contribution is -0.119. The topological polar surface area (TPSA) is 55.7 Å². The lowest BCUT2D eigenvalue weighted by atomic mass is 9.72. The predicted octanol–water partition coefficient (Wildman–Crippen LogP) is 3.48. The second kappa shape index (κ2) is 5.55. The molecule has 1 aromatic rings. The van der Waals surface area contributed by atoms with Crippen molar-refractivity contribution >= 4 is 17.5 Å². The van der Waals surface area contributed by atoms with E-state index in [1.54, 1.807) is 18.2 Å². The van der Waals surface area contributed by atoms with Gasteiger partial charge in [0.2, 0.25) is 0 Å². The molecule has 4 unspecified atom stereocenters. The van der Waals surface area contributed by atoms with E-state index < -0.39 is 5.97 Å². The fourth-order valence-corrected chi connectivity index (χ4v) is 4.20. The van der Waals surface area contributed by atoms with Crippen LogP contribution >= 0.6 is 0 Å². The van der Waals surface area contributed by atoms with Gasteiger partial charge in [-0.3, -0.25) is 4.79 Å². The van der Waals surface area contributed by atoms with Crippen molar-refractivity contribution in [2.75, 3.05) is 0 Å². The smallest absolute Gasteiger partial charge is 0.313 e. The van der Waals surface area contributed by atoms with Crippen molar-refractivity contribution in [2.24, 2.45) is 28.8 Å². The number of hydrogen-bond donors (Lipinski definition) is 0. The van der Waals surface area contributed by atoms with Crippen molar-refractivity contribution in [3.8, 4) is 0 Å². The van der Waals surface area contributed by atoms with Gasteiger partial charge >= 0.3 is 5.97 Å². The molecule has 4 nitrogen and oxygen atoms in total. The third-order valence-corrected chi connectivity index (χ3v) is 5.38. The van der Waals surface area contributed by atoms with Crippen LogP contribution in [0, 0.1) is 30.6 Å². The van der Waals surface area contributed by atoms with Crippen LogP contribution in [0.4, 0.5) is 0 Å². The summed E-state index contributed by atoms with van der Waals surface area (Å²) in [5.74, 6) is 0.337. The van der Waals surface area contributed by atoms with Crippen LogP contribution in [0.3, 0.4) is 0 Å². The molecule has 0 N–H and O–H groups in total. The summed E-state index contributed by atoms with van der Waals surface area (Å²) < 4.78 is 0. The highest BCUT2D eigenvalue weighted by Gasteiger charge is 2.51. The molecule has 24 heavy (non-hydrogen) atoms. The first-order valence-corrected chi connectivity index (χ1v) is 8.31. The van der Waals surface area contributed by atoms with Gasteiger partial charge in [0.15, 0.2) is 5.78 Å². The maximum atomic E-state index is 12.3. The molecule has 0 aliphatic heterocycles. The Balaban J connectivity index is 1.60. The average molecular weight is 321 g/mol. The summed E-state index contributed by atoms with van der Waals surface area (Å²) in [6.07, 6.45) is 6.96. The SMILES string of the molecule is CC1=CC(=O)C2C3C=CC(C3)C2/C1=N\OC(=O)c1ccc(C)cc1. The predicted molar refractivity (Wildman–Crippen MR) is 90.5 cm³/mol. The maximum Gasteiger partial charge on any atom is 0.365 e. The zero-order valence-electron chi connectivity index (χ0n) is 13.7. The van der Waals surface area contributed by atoms with E-state index >= 15 is 0 Å². The zero-order chi connectivity index (χ0) is 16.8. The van der Waals surface area contributed by atoms with Gasteiger partial charge in [0.1, 0.15) is 0 Å². The number of hydrogen-bond acceptors (Lipinski definition) is 4. The molecule has 0 aromatic heterocycles. The van der Waals surface area contributed by atoms with E-state index in [9.17, 15) is 9.59 Å². The lowest BCUT2D eigenvalue weighted by Crippen LogP contribution is -2.37. The highest BCUT2D eigenvalue weighted by Crippen LogP contribution is 2.51. The van der Waals surface area contributed by atoms with Gasteiger partial charge in [0.25, 0.3) is 0 Å². The molecule has 0 spiro atoms. The van der Waals surface area contributed by atoms with Gasteiger partial charge in [-0.05, 0) is 55.9 Å². The Morgan fingerprint density at radius 3 is 2.46 bits per heavy atom. The highest BCUT2D eigenvalue weighted by molar-refractivity contribution is 6.13. The number of ketones is 1. The van der Waals surface area contributed by atoms with Crippen molar-refractivity contribution in [1.29, 1.82) is 0 Å². The van der Waals surface area contributed by atoms with Crippen molar-refractivity contribution in [3.63, 3.8) is 0 Å². The van der Waals surface area contributed by atoms with Crippen LogP contribution in [0.2, 0.25) is 0 Å². The summed E-state index contributed by atoms with van der Waals surface area (Å²) >= 11 is 0. The van der Waals surface area contributed by atoms with E-state index in [1.807, 2.05) is 26.0 Å². The van der Waals surface area contributed by atoms with Gasteiger partial charge in [0, 0.05) is 11.8 Å². The maximum absolute atomic E-state index is 12.3. The molecule has 0 radical (unpaired) electrons. The summed E-state index contributed by atoms with van der Waals surface area (Å²) in [5, 5.41) is 4.17. The monoisotopic (exact) mass is 321 g/mol. The second-order valence-electron chi connectivity index (χ2n) is 6.95. The average Bonchev–Trinajstić information content (AvgIpc) is 3.16. The van der Waals surface area contributed by atoms with Crippen molar-refractivity contribution in [2.45, 2.75) is 20.3 Å². The molecule has 4 heteroatoms. The van der Waals surface area contributed by atoms with Gasteiger partial charge in [-0.1, -0.05) is 35.0 Å². The number of carbonyl (C=O) groups excluding carboxylic acids is 2. The molecular weight excluding hydrogens is 302 g/mol. The van der Waals surface area contributed by atoms with Gasteiger partial charge in [-0.25, -0.2) is 4.79 Å². The largest absolute Gasteiger partial charge is 0.365 e. The lowest BCUT2D eigenvalue weighted by Gasteiger charge is -2.30.